The standard InChI is InChI=1S/C29H35FN4O4/c1-29(2,3)23-8-6-22(7-9-23)28(36)34(13-12-33-14-16-37-17-15-33)20-25-18-26(32-38-25)27(35)31-19-21-4-10-24(30)11-5-21/h4-11,18H,12-17,19-20H2,1-3H3,(H,31,35). The summed E-state index contributed by atoms with van der Waals surface area (Å²) < 4.78 is 24.0. The fraction of sp³-hybridized carbons (Fsp3) is 0.414. The predicted molar refractivity (Wildman–Crippen MR) is 141 cm³/mol. The van der Waals surface area contributed by atoms with Gasteiger partial charge in [0.05, 0.1) is 19.8 Å². The van der Waals surface area contributed by atoms with Gasteiger partial charge in [0.15, 0.2) is 11.5 Å². The largest absolute Gasteiger partial charge is 0.379 e. The van der Waals surface area contributed by atoms with Crippen molar-refractivity contribution in [1.82, 2.24) is 20.3 Å². The molecule has 9 heteroatoms. The third-order valence-corrected chi connectivity index (χ3v) is 6.58. The molecule has 202 valence electrons. The van der Waals surface area contributed by atoms with Crippen LogP contribution in [0.15, 0.2) is 59.1 Å². The van der Waals surface area contributed by atoms with Gasteiger partial charge >= 0.3 is 0 Å². The van der Waals surface area contributed by atoms with E-state index >= 15 is 0 Å². The van der Waals surface area contributed by atoms with E-state index in [9.17, 15) is 14.0 Å². The van der Waals surface area contributed by atoms with Crippen molar-refractivity contribution in [2.24, 2.45) is 0 Å². The summed E-state index contributed by atoms with van der Waals surface area (Å²) >= 11 is 0. The van der Waals surface area contributed by atoms with Gasteiger partial charge in [0.1, 0.15) is 5.82 Å². The number of rotatable bonds is 9. The Morgan fingerprint density at radius 1 is 1.05 bits per heavy atom. The number of benzene rings is 2. The fourth-order valence-electron chi connectivity index (χ4n) is 4.19. The van der Waals surface area contributed by atoms with Crippen LogP contribution in [0.1, 0.15) is 58.5 Å². The second kappa shape index (κ2) is 12.3. The predicted octanol–water partition coefficient (Wildman–Crippen LogP) is 4.02. The Morgan fingerprint density at radius 2 is 1.74 bits per heavy atom. The highest BCUT2D eigenvalue weighted by molar-refractivity contribution is 5.94. The van der Waals surface area contributed by atoms with E-state index < -0.39 is 5.91 Å². The minimum atomic E-state index is -0.409. The molecule has 1 aromatic heterocycles. The molecule has 4 rings (SSSR count). The summed E-state index contributed by atoms with van der Waals surface area (Å²) in [5, 5.41) is 6.66. The summed E-state index contributed by atoms with van der Waals surface area (Å²) in [5.41, 5.74) is 2.63. The molecule has 0 aliphatic carbocycles. The Balaban J connectivity index is 1.43. The van der Waals surface area contributed by atoms with Crippen molar-refractivity contribution in [2.75, 3.05) is 39.4 Å². The van der Waals surface area contributed by atoms with Gasteiger partial charge in [-0.3, -0.25) is 14.5 Å². The Hall–Kier alpha value is -3.56. The Morgan fingerprint density at radius 3 is 2.39 bits per heavy atom. The molecule has 1 aliphatic heterocycles. The summed E-state index contributed by atoms with van der Waals surface area (Å²) in [6, 6.07) is 15.2. The smallest absolute Gasteiger partial charge is 0.273 e. The van der Waals surface area contributed by atoms with Crippen molar-refractivity contribution in [1.29, 1.82) is 0 Å². The molecule has 1 fully saturated rings. The maximum Gasteiger partial charge on any atom is 0.273 e. The van der Waals surface area contributed by atoms with E-state index in [1.54, 1.807) is 23.1 Å². The summed E-state index contributed by atoms with van der Waals surface area (Å²) in [4.78, 5) is 30.1. The molecule has 0 atom stereocenters. The van der Waals surface area contributed by atoms with Crippen LogP contribution < -0.4 is 5.32 Å². The molecule has 2 amide bonds. The number of morpholine rings is 1. The van der Waals surface area contributed by atoms with Crippen LogP contribution in [0.2, 0.25) is 0 Å². The van der Waals surface area contributed by atoms with E-state index in [4.69, 9.17) is 9.26 Å². The van der Waals surface area contributed by atoms with Crippen LogP contribution in [0.25, 0.3) is 0 Å². The molecule has 0 radical (unpaired) electrons. The summed E-state index contributed by atoms with van der Waals surface area (Å²) in [6.45, 7) is 11.0. The Kier molecular flexibility index (Phi) is 8.91. The molecule has 1 saturated heterocycles. The van der Waals surface area contributed by atoms with Crippen LogP contribution in [0.5, 0.6) is 0 Å². The van der Waals surface area contributed by atoms with E-state index in [1.807, 2.05) is 24.3 Å². The number of aromatic nitrogens is 1. The molecule has 0 bridgehead atoms. The van der Waals surface area contributed by atoms with E-state index in [2.05, 4.69) is 36.1 Å². The van der Waals surface area contributed by atoms with E-state index in [0.29, 0.717) is 37.6 Å². The van der Waals surface area contributed by atoms with Gasteiger partial charge in [-0.05, 0) is 40.8 Å². The average molecular weight is 523 g/mol. The summed E-state index contributed by atoms with van der Waals surface area (Å²) in [5.74, 6) is -0.441. The number of amides is 2. The molecule has 1 N–H and O–H groups in total. The topological polar surface area (TPSA) is 87.9 Å². The zero-order valence-electron chi connectivity index (χ0n) is 22.2. The number of ether oxygens (including phenoxy) is 1. The number of hydrogen-bond donors (Lipinski definition) is 1. The molecule has 0 unspecified atom stereocenters. The summed E-state index contributed by atoms with van der Waals surface area (Å²) in [6.07, 6.45) is 0. The number of carbonyl (C=O) groups excluding carboxylic acids is 2. The van der Waals surface area contributed by atoms with Crippen LogP contribution >= 0.6 is 0 Å². The average Bonchev–Trinajstić information content (AvgIpc) is 3.39. The number of hydrogen-bond acceptors (Lipinski definition) is 6. The van der Waals surface area contributed by atoms with Gasteiger partial charge in [-0.25, -0.2) is 4.39 Å². The number of nitrogens with zero attached hydrogens (tertiary/aromatic N) is 3. The summed E-state index contributed by atoms with van der Waals surface area (Å²) in [7, 11) is 0. The Labute approximate surface area is 222 Å². The van der Waals surface area contributed by atoms with Crippen LogP contribution in [0.4, 0.5) is 4.39 Å². The highest BCUT2D eigenvalue weighted by Crippen LogP contribution is 2.23. The first-order valence-corrected chi connectivity index (χ1v) is 12.9. The van der Waals surface area contributed by atoms with Crippen LogP contribution in [-0.2, 0) is 23.2 Å². The highest BCUT2D eigenvalue weighted by Gasteiger charge is 2.22. The third kappa shape index (κ3) is 7.49. The quantitative estimate of drug-likeness (QED) is 0.457. The van der Waals surface area contributed by atoms with Gasteiger partial charge in [0, 0.05) is 44.4 Å². The second-order valence-electron chi connectivity index (χ2n) is 10.5. The zero-order chi connectivity index (χ0) is 27.1. The monoisotopic (exact) mass is 522 g/mol. The van der Waals surface area contributed by atoms with Crippen LogP contribution in [0.3, 0.4) is 0 Å². The van der Waals surface area contributed by atoms with Gasteiger partial charge in [-0.2, -0.15) is 0 Å². The molecule has 0 spiro atoms. The van der Waals surface area contributed by atoms with Crippen molar-refractivity contribution in [2.45, 2.75) is 39.3 Å². The van der Waals surface area contributed by atoms with Crippen LogP contribution in [-0.4, -0.2) is 66.2 Å². The number of nitrogens with one attached hydrogen (secondary N) is 1. The van der Waals surface area contributed by atoms with Crippen molar-refractivity contribution in [3.63, 3.8) is 0 Å². The maximum absolute atomic E-state index is 13.5. The first-order chi connectivity index (χ1) is 18.2. The SMILES string of the molecule is CC(C)(C)c1ccc(C(=O)N(CCN2CCOCC2)Cc2cc(C(=O)NCc3ccc(F)cc3)no2)cc1. The van der Waals surface area contributed by atoms with Gasteiger partial charge in [0.25, 0.3) is 11.8 Å². The molecule has 8 nitrogen and oxygen atoms in total. The number of carbonyl (C=O) groups is 2. The van der Waals surface area contributed by atoms with Gasteiger partial charge < -0.3 is 19.5 Å². The van der Waals surface area contributed by atoms with Gasteiger partial charge in [-0.15, -0.1) is 0 Å². The van der Waals surface area contributed by atoms with Crippen molar-refractivity contribution < 1.29 is 23.2 Å². The van der Waals surface area contributed by atoms with Crippen molar-refractivity contribution in [3.05, 3.63) is 88.6 Å². The minimum absolute atomic E-state index is 0.00882. The minimum Gasteiger partial charge on any atom is -0.379 e. The van der Waals surface area contributed by atoms with Crippen molar-refractivity contribution in [3.8, 4) is 0 Å². The first kappa shape index (κ1) is 27.5. The molecule has 2 aromatic carbocycles. The van der Waals surface area contributed by atoms with Crippen molar-refractivity contribution >= 4 is 11.8 Å². The Bertz CT molecular complexity index is 1210. The lowest BCUT2D eigenvalue weighted by Crippen LogP contribution is -2.42. The third-order valence-electron chi connectivity index (χ3n) is 6.58. The van der Waals surface area contributed by atoms with Gasteiger partial charge in [-0.1, -0.05) is 50.2 Å². The van der Waals surface area contributed by atoms with E-state index in [0.717, 1.165) is 24.2 Å². The molecular weight excluding hydrogens is 487 g/mol. The maximum atomic E-state index is 13.5. The molecule has 3 aromatic rings. The highest BCUT2D eigenvalue weighted by atomic mass is 19.1. The molecule has 0 saturated carbocycles. The lowest BCUT2D eigenvalue weighted by Gasteiger charge is -2.30. The first-order valence-electron chi connectivity index (χ1n) is 12.9. The molecule has 2 heterocycles. The number of halogens is 1. The molecule has 38 heavy (non-hydrogen) atoms. The van der Waals surface area contributed by atoms with E-state index in [-0.39, 0.29) is 35.9 Å². The lowest BCUT2D eigenvalue weighted by atomic mass is 9.86. The second-order valence-corrected chi connectivity index (χ2v) is 10.5. The fourth-order valence-corrected chi connectivity index (χ4v) is 4.19. The van der Waals surface area contributed by atoms with Crippen LogP contribution in [0, 0.1) is 5.82 Å². The zero-order valence-corrected chi connectivity index (χ0v) is 22.2. The lowest BCUT2D eigenvalue weighted by molar-refractivity contribution is 0.0315. The normalized spacial score (nSPS) is 14.3. The molecular formula is C29H35FN4O4. The van der Waals surface area contributed by atoms with E-state index in [1.165, 1.54) is 12.1 Å². The van der Waals surface area contributed by atoms with Gasteiger partial charge in [0.2, 0.25) is 0 Å². The molecule has 1 aliphatic rings.